The smallest absolute Gasteiger partial charge is 0.226 e. The Bertz CT molecular complexity index is 788. The third-order valence-corrected chi connectivity index (χ3v) is 7.49. The lowest BCUT2D eigenvalue weighted by Gasteiger charge is -2.44. The fourth-order valence-electron chi connectivity index (χ4n) is 5.19. The molecule has 0 bridgehead atoms. The van der Waals surface area contributed by atoms with Crippen LogP contribution in [-0.2, 0) is 20.7 Å². The molecule has 1 atom stereocenters. The van der Waals surface area contributed by atoms with Crippen LogP contribution in [0.1, 0.15) is 49.7 Å². The van der Waals surface area contributed by atoms with Gasteiger partial charge in [0.15, 0.2) is 0 Å². The van der Waals surface area contributed by atoms with Crippen LogP contribution in [-0.4, -0.2) is 85.0 Å². The number of rotatable bonds is 8. The Hall–Kier alpha value is -1.92. The standard InChI is InChI=1S/C26H39N3O3/c1-20-6-3-4-7-22(20)18-25(30)27(2)14-15-29(23-11-16-32-17-12-23)24-8-5-13-28(19-24)26(31)21-9-10-21/h3-4,6-7,21,23-24H,5,8-19H2,1-2H3. The topological polar surface area (TPSA) is 53.1 Å². The van der Waals surface area contributed by atoms with Crippen molar-refractivity contribution in [1.82, 2.24) is 14.7 Å². The molecule has 2 aliphatic heterocycles. The summed E-state index contributed by atoms with van der Waals surface area (Å²) < 4.78 is 5.62. The summed E-state index contributed by atoms with van der Waals surface area (Å²) in [4.78, 5) is 32.2. The number of amides is 2. The van der Waals surface area contributed by atoms with E-state index in [1.54, 1.807) is 0 Å². The summed E-state index contributed by atoms with van der Waals surface area (Å²) in [6.45, 7) is 7.00. The Morgan fingerprint density at radius 3 is 2.50 bits per heavy atom. The number of likely N-dealkylation sites (tertiary alicyclic amines) is 1. The molecule has 32 heavy (non-hydrogen) atoms. The maximum atomic E-state index is 12.9. The normalized spacial score (nSPS) is 22.2. The maximum absolute atomic E-state index is 12.9. The summed E-state index contributed by atoms with van der Waals surface area (Å²) in [6.07, 6.45) is 6.86. The summed E-state index contributed by atoms with van der Waals surface area (Å²) in [5.41, 5.74) is 2.27. The molecule has 1 aromatic carbocycles. The van der Waals surface area contributed by atoms with E-state index < -0.39 is 0 Å². The van der Waals surface area contributed by atoms with Gasteiger partial charge in [0, 0.05) is 64.4 Å². The van der Waals surface area contributed by atoms with Gasteiger partial charge in [-0.15, -0.1) is 0 Å². The zero-order valence-corrected chi connectivity index (χ0v) is 19.8. The third-order valence-electron chi connectivity index (χ3n) is 7.49. The van der Waals surface area contributed by atoms with E-state index >= 15 is 0 Å². The molecule has 3 aliphatic rings. The summed E-state index contributed by atoms with van der Waals surface area (Å²) in [6, 6.07) is 8.98. The lowest BCUT2D eigenvalue weighted by molar-refractivity contribution is -0.135. The number of aryl methyl sites for hydroxylation is 1. The van der Waals surface area contributed by atoms with E-state index in [0.29, 0.717) is 24.4 Å². The molecule has 2 heterocycles. The van der Waals surface area contributed by atoms with E-state index in [1.165, 1.54) is 5.56 Å². The minimum Gasteiger partial charge on any atom is -0.381 e. The van der Waals surface area contributed by atoms with Crippen molar-refractivity contribution in [2.75, 3.05) is 46.4 Å². The Kier molecular flexibility index (Phi) is 7.84. The predicted octanol–water partition coefficient (Wildman–Crippen LogP) is 2.88. The van der Waals surface area contributed by atoms with Crippen LogP contribution in [0.15, 0.2) is 24.3 Å². The molecular weight excluding hydrogens is 402 g/mol. The third kappa shape index (κ3) is 5.90. The number of hydrogen-bond acceptors (Lipinski definition) is 4. The van der Waals surface area contributed by atoms with Gasteiger partial charge in [-0.2, -0.15) is 0 Å². The summed E-state index contributed by atoms with van der Waals surface area (Å²) >= 11 is 0. The molecule has 6 heteroatoms. The fraction of sp³-hybridized carbons (Fsp3) is 0.692. The van der Waals surface area contributed by atoms with E-state index in [9.17, 15) is 9.59 Å². The molecular formula is C26H39N3O3. The van der Waals surface area contributed by atoms with Crippen LogP contribution >= 0.6 is 0 Å². The van der Waals surface area contributed by atoms with Crippen LogP contribution in [0, 0.1) is 12.8 Å². The van der Waals surface area contributed by atoms with Crippen LogP contribution in [0.3, 0.4) is 0 Å². The highest BCUT2D eigenvalue weighted by Crippen LogP contribution is 2.33. The highest BCUT2D eigenvalue weighted by molar-refractivity contribution is 5.81. The first-order chi connectivity index (χ1) is 15.5. The molecule has 2 amide bonds. The summed E-state index contributed by atoms with van der Waals surface area (Å²) in [7, 11) is 1.92. The van der Waals surface area contributed by atoms with Crippen molar-refractivity contribution in [1.29, 1.82) is 0 Å². The second-order valence-corrected chi connectivity index (χ2v) is 9.85. The molecule has 2 saturated heterocycles. The number of hydrogen-bond donors (Lipinski definition) is 0. The average molecular weight is 442 g/mol. The van der Waals surface area contributed by atoms with E-state index in [4.69, 9.17) is 4.74 Å². The fourth-order valence-corrected chi connectivity index (χ4v) is 5.19. The van der Waals surface area contributed by atoms with Gasteiger partial charge in [-0.05, 0) is 56.6 Å². The number of benzene rings is 1. The zero-order valence-electron chi connectivity index (χ0n) is 19.8. The molecule has 1 saturated carbocycles. The van der Waals surface area contributed by atoms with Crippen molar-refractivity contribution in [3.63, 3.8) is 0 Å². The molecule has 0 N–H and O–H groups in total. The van der Waals surface area contributed by atoms with Crippen molar-refractivity contribution < 1.29 is 14.3 Å². The molecule has 176 valence electrons. The van der Waals surface area contributed by atoms with E-state index in [-0.39, 0.29) is 11.8 Å². The van der Waals surface area contributed by atoms with Gasteiger partial charge in [-0.1, -0.05) is 24.3 Å². The van der Waals surface area contributed by atoms with Crippen LogP contribution in [0.2, 0.25) is 0 Å². The van der Waals surface area contributed by atoms with Crippen molar-refractivity contribution in [2.24, 2.45) is 5.92 Å². The Labute approximate surface area is 192 Å². The first-order valence-corrected chi connectivity index (χ1v) is 12.4. The molecule has 0 radical (unpaired) electrons. The van der Waals surface area contributed by atoms with Gasteiger partial charge < -0.3 is 14.5 Å². The minimum absolute atomic E-state index is 0.167. The van der Waals surface area contributed by atoms with Crippen molar-refractivity contribution in [3.05, 3.63) is 35.4 Å². The van der Waals surface area contributed by atoms with Gasteiger partial charge >= 0.3 is 0 Å². The Balaban J connectivity index is 1.37. The molecule has 4 rings (SSSR count). The molecule has 1 unspecified atom stereocenters. The van der Waals surface area contributed by atoms with E-state index in [2.05, 4.69) is 22.8 Å². The Morgan fingerprint density at radius 1 is 1.03 bits per heavy atom. The van der Waals surface area contributed by atoms with Crippen LogP contribution < -0.4 is 0 Å². The molecule has 0 aromatic heterocycles. The highest BCUT2D eigenvalue weighted by atomic mass is 16.5. The zero-order chi connectivity index (χ0) is 22.5. The maximum Gasteiger partial charge on any atom is 0.226 e. The largest absolute Gasteiger partial charge is 0.381 e. The van der Waals surface area contributed by atoms with Gasteiger partial charge in [-0.25, -0.2) is 0 Å². The summed E-state index contributed by atoms with van der Waals surface area (Å²) in [5, 5.41) is 0. The van der Waals surface area contributed by atoms with E-state index in [0.717, 1.165) is 83.5 Å². The van der Waals surface area contributed by atoms with Crippen LogP contribution in [0.25, 0.3) is 0 Å². The quantitative estimate of drug-likeness (QED) is 0.623. The monoisotopic (exact) mass is 441 g/mol. The molecule has 1 aromatic rings. The molecule has 3 fully saturated rings. The number of carbonyl (C=O) groups is 2. The van der Waals surface area contributed by atoms with Crippen molar-refractivity contribution in [2.45, 2.75) is 64.0 Å². The Morgan fingerprint density at radius 2 is 1.78 bits per heavy atom. The molecule has 6 nitrogen and oxygen atoms in total. The van der Waals surface area contributed by atoms with Gasteiger partial charge in [0.05, 0.1) is 6.42 Å². The minimum atomic E-state index is 0.167. The molecule has 1 aliphatic carbocycles. The summed E-state index contributed by atoms with van der Waals surface area (Å²) in [5.74, 6) is 0.822. The number of ether oxygens (including phenoxy) is 1. The second kappa shape index (κ2) is 10.8. The lowest BCUT2D eigenvalue weighted by atomic mass is 9.98. The first-order valence-electron chi connectivity index (χ1n) is 12.4. The number of likely N-dealkylation sites (N-methyl/N-ethyl adjacent to an activating group) is 1. The first kappa shape index (κ1) is 23.2. The second-order valence-electron chi connectivity index (χ2n) is 9.85. The molecule has 0 spiro atoms. The van der Waals surface area contributed by atoms with E-state index in [1.807, 2.05) is 30.1 Å². The van der Waals surface area contributed by atoms with Crippen molar-refractivity contribution in [3.8, 4) is 0 Å². The van der Waals surface area contributed by atoms with Crippen LogP contribution in [0.5, 0.6) is 0 Å². The number of nitrogens with zero attached hydrogens (tertiary/aromatic N) is 3. The van der Waals surface area contributed by atoms with Gasteiger partial charge in [0.1, 0.15) is 0 Å². The number of piperidine rings is 1. The number of carbonyl (C=O) groups excluding carboxylic acids is 2. The van der Waals surface area contributed by atoms with Crippen molar-refractivity contribution >= 4 is 11.8 Å². The van der Waals surface area contributed by atoms with Gasteiger partial charge in [0.25, 0.3) is 0 Å². The van der Waals surface area contributed by atoms with Crippen LogP contribution in [0.4, 0.5) is 0 Å². The van der Waals surface area contributed by atoms with Gasteiger partial charge in [0.2, 0.25) is 11.8 Å². The van der Waals surface area contributed by atoms with Gasteiger partial charge in [-0.3, -0.25) is 14.5 Å². The predicted molar refractivity (Wildman–Crippen MR) is 125 cm³/mol. The lowest BCUT2D eigenvalue weighted by Crippen LogP contribution is -2.55. The SMILES string of the molecule is Cc1ccccc1CC(=O)N(C)CCN(C1CCOCC1)C1CCCN(C(=O)C2CC2)C1. The average Bonchev–Trinajstić information content (AvgIpc) is 3.66. The highest BCUT2D eigenvalue weighted by Gasteiger charge is 2.38.